The van der Waals surface area contributed by atoms with Crippen molar-refractivity contribution in [3.05, 3.63) is 72.2 Å². The van der Waals surface area contributed by atoms with Gasteiger partial charge >= 0.3 is 0 Å². The molecule has 138 valence electrons. The second kappa shape index (κ2) is 7.11. The van der Waals surface area contributed by atoms with E-state index in [2.05, 4.69) is 37.9 Å². The summed E-state index contributed by atoms with van der Waals surface area (Å²) >= 11 is 0. The standard InChI is InChI=1S/C20H22N6O/c1-15-21-8-10-25(15)12-11-24(2)20(27)18-13-17(22-23-18)14-26-9-7-16-5-3-4-6-19(16)26/h3-10,13H,11-12,14H2,1-2H3,(H,22,23). The molecule has 1 aromatic carbocycles. The number of amides is 1. The van der Waals surface area contributed by atoms with Crippen LogP contribution in [0.25, 0.3) is 10.9 Å². The van der Waals surface area contributed by atoms with Crippen molar-refractivity contribution < 1.29 is 4.79 Å². The molecule has 0 aliphatic heterocycles. The lowest BCUT2D eigenvalue weighted by Crippen LogP contribution is -2.30. The summed E-state index contributed by atoms with van der Waals surface area (Å²) in [5.41, 5.74) is 2.50. The third kappa shape index (κ3) is 3.48. The number of fused-ring (bicyclic) bond motifs is 1. The van der Waals surface area contributed by atoms with Crippen molar-refractivity contribution in [2.24, 2.45) is 0 Å². The number of nitrogens with zero attached hydrogens (tertiary/aromatic N) is 5. The molecule has 4 aromatic rings. The highest BCUT2D eigenvalue weighted by Crippen LogP contribution is 2.16. The van der Waals surface area contributed by atoms with Crippen molar-refractivity contribution >= 4 is 16.8 Å². The van der Waals surface area contributed by atoms with Crippen LogP contribution in [0.15, 0.2) is 55.0 Å². The number of aromatic amines is 1. The number of imidazole rings is 1. The lowest BCUT2D eigenvalue weighted by atomic mass is 10.2. The molecule has 0 atom stereocenters. The Kier molecular flexibility index (Phi) is 4.50. The van der Waals surface area contributed by atoms with Crippen LogP contribution in [0.4, 0.5) is 0 Å². The molecule has 0 spiro atoms. The van der Waals surface area contributed by atoms with Crippen LogP contribution in [0.1, 0.15) is 22.0 Å². The van der Waals surface area contributed by atoms with Crippen LogP contribution in [0.2, 0.25) is 0 Å². The van der Waals surface area contributed by atoms with E-state index < -0.39 is 0 Å². The zero-order chi connectivity index (χ0) is 18.8. The Morgan fingerprint density at radius 2 is 2.04 bits per heavy atom. The van der Waals surface area contributed by atoms with Crippen LogP contribution in [-0.2, 0) is 13.1 Å². The molecule has 3 aromatic heterocycles. The van der Waals surface area contributed by atoms with E-state index >= 15 is 0 Å². The summed E-state index contributed by atoms with van der Waals surface area (Å²) in [5, 5.41) is 8.40. The molecule has 4 rings (SSSR count). The summed E-state index contributed by atoms with van der Waals surface area (Å²) in [7, 11) is 1.79. The van der Waals surface area contributed by atoms with Crippen LogP contribution in [-0.4, -0.2) is 48.7 Å². The Labute approximate surface area is 157 Å². The Balaban J connectivity index is 1.42. The molecule has 7 nitrogen and oxygen atoms in total. The number of hydrogen-bond donors (Lipinski definition) is 1. The van der Waals surface area contributed by atoms with Gasteiger partial charge in [0, 0.05) is 44.2 Å². The van der Waals surface area contributed by atoms with E-state index in [0.29, 0.717) is 25.3 Å². The van der Waals surface area contributed by atoms with Crippen LogP contribution >= 0.6 is 0 Å². The normalized spacial score (nSPS) is 11.2. The molecule has 0 fully saturated rings. The zero-order valence-corrected chi connectivity index (χ0v) is 15.5. The first kappa shape index (κ1) is 17.1. The minimum Gasteiger partial charge on any atom is -0.341 e. The summed E-state index contributed by atoms with van der Waals surface area (Å²) in [6, 6.07) is 12.1. The first-order chi connectivity index (χ1) is 13.1. The smallest absolute Gasteiger partial charge is 0.274 e. The number of carbonyl (C=O) groups is 1. The van der Waals surface area contributed by atoms with E-state index in [9.17, 15) is 4.79 Å². The summed E-state index contributed by atoms with van der Waals surface area (Å²) in [6.07, 6.45) is 5.73. The van der Waals surface area contributed by atoms with Gasteiger partial charge < -0.3 is 14.0 Å². The predicted molar refractivity (Wildman–Crippen MR) is 104 cm³/mol. The molecular formula is C20H22N6O. The molecule has 0 aliphatic carbocycles. The number of hydrogen-bond acceptors (Lipinski definition) is 3. The van der Waals surface area contributed by atoms with E-state index in [4.69, 9.17) is 0 Å². The second-order valence-corrected chi connectivity index (χ2v) is 6.68. The molecule has 0 saturated heterocycles. The minimum atomic E-state index is -0.0902. The Hall–Kier alpha value is -3.35. The lowest BCUT2D eigenvalue weighted by molar-refractivity contribution is 0.0784. The summed E-state index contributed by atoms with van der Waals surface area (Å²) < 4.78 is 4.17. The topological polar surface area (TPSA) is 71.7 Å². The number of nitrogens with one attached hydrogen (secondary N) is 1. The summed E-state index contributed by atoms with van der Waals surface area (Å²) in [6.45, 7) is 3.90. The lowest BCUT2D eigenvalue weighted by Gasteiger charge is -2.16. The number of H-pyrrole nitrogens is 1. The van der Waals surface area contributed by atoms with Crippen LogP contribution in [0, 0.1) is 6.92 Å². The average Bonchev–Trinajstić information content (AvgIpc) is 3.40. The Morgan fingerprint density at radius 3 is 2.85 bits per heavy atom. The van der Waals surface area contributed by atoms with Crippen molar-refractivity contribution in [1.29, 1.82) is 0 Å². The van der Waals surface area contributed by atoms with Gasteiger partial charge in [0.2, 0.25) is 0 Å². The number of likely N-dealkylation sites (N-methyl/N-ethyl adjacent to an activating group) is 1. The van der Waals surface area contributed by atoms with E-state index in [1.165, 1.54) is 5.39 Å². The van der Waals surface area contributed by atoms with Gasteiger partial charge in [-0.1, -0.05) is 18.2 Å². The van der Waals surface area contributed by atoms with E-state index in [-0.39, 0.29) is 5.91 Å². The molecule has 0 aliphatic rings. The van der Waals surface area contributed by atoms with Crippen molar-refractivity contribution in [3.8, 4) is 0 Å². The molecule has 1 amide bonds. The third-order valence-corrected chi connectivity index (χ3v) is 4.82. The summed E-state index contributed by atoms with van der Waals surface area (Å²) in [5.74, 6) is 0.851. The fourth-order valence-corrected chi connectivity index (χ4v) is 3.21. The first-order valence-corrected chi connectivity index (χ1v) is 8.93. The molecule has 1 N–H and O–H groups in total. The number of para-hydroxylation sites is 1. The van der Waals surface area contributed by atoms with Gasteiger partial charge in [-0.25, -0.2) is 4.98 Å². The van der Waals surface area contributed by atoms with Gasteiger partial charge in [0.1, 0.15) is 11.5 Å². The van der Waals surface area contributed by atoms with Gasteiger partial charge in [-0.05, 0) is 30.5 Å². The van der Waals surface area contributed by atoms with Gasteiger partial charge in [-0.3, -0.25) is 9.89 Å². The third-order valence-electron chi connectivity index (χ3n) is 4.82. The maximum atomic E-state index is 12.6. The highest BCUT2D eigenvalue weighted by atomic mass is 16.2. The molecule has 0 saturated carbocycles. The fraction of sp³-hybridized carbons (Fsp3) is 0.250. The molecule has 7 heteroatoms. The minimum absolute atomic E-state index is 0.0902. The van der Waals surface area contributed by atoms with Crippen LogP contribution in [0.5, 0.6) is 0 Å². The molecule has 0 radical (unpaired) electrons. The highest BCUT2D eigenvalue weighted by Gasteiger charge is 2.16. The van der Waals surface area contributed by atoms with Gasteiger partial charge in [0.15, 0.2) is 0 Å². The van der Waals surface area contributed by atoms with Gasteiger partial charge in [0.25, 0.3) is 5.91 Å². The van der Waals surface area contributed by atoms with Crippen LogP contribution < -0.4 is 0 Å². The Morgan fingerprint density at radius 1 is 1.19 bits per heavy atom. The van der Waals surface area contributed by atoms with Crippen molar-refractivity contribution in [2.75, 3.05) is 13.6 Å². The molecule has 0 bridgehead atoms. The van der Waals surface area contributed by atoms with Crippen molar-refractivity contribution in [1.82, 2.24) is 29.2 Å². The van der Waals surface area contributed by atoms with Gasteiger partial charge in [-0.2, -0.15) is 5.10 Å². The first-order valence-electron chi connectivity index (χ1n) is 8.93. The van der Waals surface area contributed by atoms with Crippen LogP contribution in [0.3, 0.4) is 0 Å². The maximum Gasteiger partial charge on any atom is 0.274 e. The number of carbonyl (C=O) groups excluding carboxylic acids is 1. The molecule has 3 heterocycles. The Bertz CT molecular complexity index is 1070. The highest BCUT2D eigenvalue weighted by molar-refractivity contribution is 5.92. The quantitative estimate of drug-likeness (QED) is 0.573. The monoisotopic (exact) mass is 362 g/mol. The largest absolute Gasteiger partial charge is 0.341 e. The van der Waals surface area contributed by atoms with Gasteiger partial charge in [-0.15, -0.1) is 0 Å². The van der Waals surface area contributed by atoms with E-state index in [0.717, 1.165) is 17.0 Å². The molecule has 0 unspecified atom stereocenters. The number of aryl methyl sites for hydroxylation is 1. The van der Waals surface area contributed by atoms with Crippen molar-refractivity contribution in [3.63, 3.8) is 0 Å². The predicted octanol–water partition coefficient (Wildman–Crippen LogP) is 2.69. The number of aromatic nitrogens is 5. The SMILES string of the molecule is Cc1nccn1CCN(C)C(=O)c1cc(Cn2ccc3ccccc32)[nH]n1. The van der Waals surface area contributed by atoms with E-state index in [1.807, 2.05) is 42.1 Å². The average molecular weight is 362 g/mol. The fourth-order valence-electron chi connectivity index (χ4n) is 3.21. The number of rotatable bonds is 6. The molecular weight excluding hydrogens is 340 g/mol. The van der Waals surface area contributed by atoms with E-state index in [1.54, 1.807) is 18.1 Å². The maximum absolute atomic E-state index is 12.6. The van der Waals surface area contributed by atoms with Crippen molar-refractivity contribution in [2.45, 2.75) is 20.0 Å². The second-order valence-electron chi connectivity index (χ2n) is 6.68. The number of benzene rings is 1. The summed E-state index contributed by atoms with van der Waals surface area (Å²) in [4.78, 5) is 18.5. The zero-order valence-electron chi connectivity index (χ0n) is 15.5. The van der Waals surface area contributed by atoms with Gasteiger partial charge in [0.05, 0.1) is 12.2 Å². The molecule has 27 heavy (non-hydrogen) atoms.